The molecular weight excluding hydrogens is 320 g/mol. The molecule has 0 saturated heterocycles. The molecule has 4 heteroatoms. The Morgan fingerprint density at radius 3 is 2.74 bits per heavy atom. The van der Waals surface area contributed by atoms with Crippen molar-refractivity contribution in [3.05, 3.63) is 56.8 Å². The Hall–Kier alpha value is -1.39. The van der Waals surface area contributed by atoms with Crippen LogP contribution in [0.4, 0.5) is 0 Å². The maximum Gasteiger partial charge on any atom is 0.182 e. The largest absolute Gasteiger partial charge is 0.330 e. The smallest absolute Gasteiger partial charge is 0.182 e. The van der Waals surface area contributed by atoms with Crippen molar-refractivity contribution in [2.45, 2.75) is 13.8 Å². The molecule has 0 aliphatic carbocycles. The predicted octanol–water partition coefficient (Wildman–Crippen LogP) is 5.07. The molecule has 0 spiro atoms. The molecule has 0 amide bonds. The number of aromatic nitrogens is 2. The summed E-state index contributed by atoms with van der Waals surface area (Å²) in [5.41, 5.74) is 5.80. The summed E-state index contributed by atoms with van der Waals surface area (Å²) in [6, 6.07) is 12.4. The average Bonchev–Trinajstić information content (AvgIpc) is 2.68. The minimum Gasteiger partial charge on any atom is -0.330 e. The van der Waals surface area contributed by atoms with Crippen molar-refractivity contribution in [3.8, 4) is 5.69 Å². The van der Waals surface area contributed by atoms with Gasteiger partial charge in [-0.05, 0) is 61.5 Å². The highest BCUT2D eigenvalue weighted by Gasteiger charge is 2.09. The number of nitrogens with one attached hydrogen (secondary N) is 1. The van der Waals surface area contributed by atoms with Crippen molar-refractivity contribution < 1.29 is 0 Å². The van der Waals surface area contributed by atoms with Gasteiger partial charge in [-0.1, -0.05) is 28.1 Å². The molecule has 0 saturated carbocycles. The highest BCUT2D eigenvalue weighted by atomic mass is 79.9. The third-order valence-electron chi connectivity index (χ3n) is 3.46. The Labute approximate surface area is 125 Å². The molecule has 3 aromatic rings. The van der Waals surface area contributed by atoms with Gasteiger partial charge in [0.15, 0.2) is 4.77 Å². The molecule has 0 unspecified atom stereocenters. The number of imidazole rings is 1. The molecule has 1 aromatic heterocycles. The number of benzene rings is 2. The Morgan fingerprint density at radius 1 is 1.16 bits per heavy atom. The maximum atomic E-state index is 5.47. The van der Waals surface area contributed by atoms with Gasteiger partial charge in [0.2, 0.25) is 0 Å². The van der Waals surface area contributed by atoms with Gasteiger partial charge in [-0.15, -0.1) is 0 Å². The van der Waals surface area contributed by atoms with E-state index >= 15 is 0 Å². The molecule has 0 atom stereocenters. The van der Waals surface area contributed by atoms with Gasteiger partial charge < -0.3 is 4.98 Å². The van der Waals surface area contributed by atoms with Crippen LogP contribution in [0, 0.1) is 18.6 Å². The Bertz CT molecular complexity index is 830. The molecule has 0 fully saturated rings. The van der Waals surface area contributed by atoms with Crippen LogP contribution in [0.5, 0.6) is 0 Å². The van der Waals surface area contributed by atoms with Gasteiger partial charge in [0.25, 0.3) is 0 Å². The maximum absolute atomic E-state index is 5.47. The predicted molar refractivity (Wildman–Crippen MR) is 85.6 cm³/mol. The first kappa shape index (κ1) is 12.6. The van der Waals surface area contributed by atoms with E-state index in [9.17, 15) is 0 Å². The lowest BCUT2D eigenvalue weighted by molar-refractivity contribution is 1.04. The standard InChI is InChI=1S/C15H13BrN2S/c1-9-4-3-5-13(10(9)2)18-14-7-6-11(16)8-12(14)17-15(18)19/h3-8H,1-2H3,(H,17,19). The van der Waals surface area contributed by atoms with Crippen molar-refractivity contribution in [2.75, 3.05) is 0 Å². The molecule has 2 aromatic carbocycles. The third kappa shape index (κ3) is 2.05. The summed E-state index contributed by atoms with van der Waals surface area (Å²) >= 11 is 8.96. The third-order valence-corrected chi connectivity index (χ3v) is 4.24. The number of fused-ring (bicyclic) bond motifs is 1. The molecule has 19 heavy (non-hydrogen) atoms. The fourth-order valence-electron chi connectivity index (χ4n) is 2.30. The Morgan fingerprint density at radius 2 is 1.95 bits per heavy atom. The van der Waals surface area contributed by atoms with Crippen LogP contribution in [0.15, 0.2) is 40.9 Å². The second-order valence-corrected chi connectivity index (χ2v) is 5.95. The van der Waals surface area contributed by atoms with Crippen LogP contribution in [0.3, 0.4) is 0 Å². The fraction of sp³-hybridized carbons (Fsp3) is 0.133. The second-order valence-electron chi connectivity index (χ2n) is 4.65. The Kier molecular flexibility index (Phi) is 3.07. The average molecular weight is 333 g/mol. The summed E-state index contributed by atoms with van der Waals surface area (Å²) in [5, 5.41) is 0. The number of halogens is 1. The number of nitrogens with zero attached hydrogens (tertiary/aromatic N) is 1. The molecular formula is C15H13BrN2S. The molecule has 0 aliphatic heterocycles. The van der Waals surface area contributed by atoms with Crippen molar-refractivity contribution in [2.24, 2.45) is 0 Å². The van der Waals surface area contributed by atoms with Crippen LogP contribution in [0.2, 0.25) is 0 Å². The highest BCUT2D eigenvalue weighted by Crippen LogP contribution is 2.25. The lowest BCUT2D eigenvalue weighted by Crippen LogP contribution is -1.98. The fourth-order valence-corrected chi connectivity index (χ4v) is 2.97. The van der Waals surface area contributed by atoms with Gasteiger partial charge in [-0.3, -0.25) is 4.57 Å². The molecule has 0 radical (unpaired) electrons. The molecule has 0 bridgehead atoms. The van der Waals surface area contributed by atoms with Gasteiger partial charge in [0, 0.05) is 4.47 Å². The van der Waals surface area contributed by atoms with E-state index in [0.717, 1.165) is 26.0 Å². The first-order valence-electron chi connectivity index (χ1n) is 6.05. The minimum atomic E-state index is 0.724. The van der Waals surface area contributed by atoms with E-state index in [1.54, 1.807) is 0 Å². The van der Waals surface area contributed by atoms with Gasteiger partial charge in [-0.2, -0.15) is 0 Å². The van der Waals surface area contributed by atoms with Crippen LogP contribution in [0.25, 0.3) is 16.7 Å². The van der Waals surface area contributed by atoms with E-state index in [1.165, 1.54) is 11.1 Å². The normalized spacial score (nSPS) is 11.1. The SMILES string of the molecule is Cc1cccc(-n2c(=S)[nH]c3cc(Br)ccc32)c1C. The molecule has 1 N–H and O–H groups in total. The van der Waals surface area contributed by atoms with Crippen molar-refractivity contribution in [1.82, 2.24) is 9.55 Å². The monoisotopic (exact) mass is 332 g/mol. The van der Waals surface area contributed by atoms with E-state index < -0.39 is 0 Å². The summed E-state index contributed by atoms with van der Waals surface area (Å²) in [6.45, 7) is 4.25. The van der Waals surface area contributed by atoms with Crippen LogP contribution in [-0.4, -0.2) is 9.55 Å². The molecule has 1 heterocycles. The zero-order chi connectivity index (χ0) is 13.6. The summed E-state index contributed by atoms with van der Waals surface area (Å²) in [7, 11) is 0. The number of H-pyrrole nitrogens is 1. The van der Waals surface area contributed by atoms with Crippen molar-refractivity contribution in [3.63, 3.8) is 0 Å². The zero-order valence-corrected chi connectivity index (χ0v) is 13.1. The van der Waals surface area contributed by atoms with Gasteiger partial charge in [0.05, 0.1) is 16.7 Å². The minimum absolute atomic E-state index is 0.724. The summed E-state index contributed by atoms with van der Waals surface area (Å²) in [6.07, 6.45) is 0. The second kappa shape index (κ2) is 4.62. The first-order chi connectivity index (χ1) is 9.08. The quantitative estimate of drug-likeness (QED) is 0.617. The highest BCUT2D eigenvalue weighted by molar-refractivity contribution is 9.10. The van der Waals surface area contributed by atoms with E-state index in [-0.39, 0.29) is 0 Å². The van der Waals surface area contributed by atoms with Gasteiger partial charge in [0.1, 0.15) is 0 Å². The summed E-state index contributed by atoms with van der Waals surface area (Å²) in [4.78, 5) is 3.26. The van der Waals surface area contributed by atoms with E-state index in [1.807, 2.05) is 12.1 Å². The summed E-state index contributed by atoms with van der Waals surface area (Å²) < 4.78 is 3.87. The molecule has 3 rings (SSSR count). The molecule has 2 nitrogen and oxygen atoms in total. The zero-order valence-electron chi connectivity index (χ0n) is 10.7. The first-order valence-corrected chi connectivity index (χ1v) is 7.25. The van der Waals surface area contributed by atoms with Crippen LogP contribution < -0.4 is 0 Å². The summed E-state index contributed by atoms with van der Waals surface area (Å²) in [5.74, 6) is 0. The lowest BCUT2D eigenvalue weighted by Gasteiger charge is -2.10. The van der Waals surface area contributed by atoms with E-state index in [2.05, 4.69) is 63.6 Å². The van der Waals surface area contributed by atoms with E-state index in [4.69, 9.17) is 12.2 Å². The van der Waals surface area contributed by atoms with Crippen LogP contribution >= 0.6 is 28.1 Å². The lowest BCUT2D eigenvalue weighted by atomic mass is 10.1. The van der Waals surface area contributed by atoms with Gasteiger partial charge >= 0.3 is 0 Å². The number of hydrogen-bond acceptors (Lipinski definition) is 1. The number of hydrogen-bond donors (Lipinski definition) is 1. The number of aromatic amines is 1. The van der Waals surface area contributed by atoms with E-state index in [0.29, 0.717) is 0 Å². The van der Waals surface area contributed by atoms with Crippen molar-refractivity contribution in [1.29, 1.82) is 0 Å². The van der Waals surface area contributed by atoms with Crippen molar-refractivity contribution >= 4 is 39.2 Å². The Balaban J connectivity index is 2.40. The van der Waals surface area contributed by atoms with Crippen LogP contribution in [-0.2, 0) is 0 Å². The molecule has 96 valence electrons. The van der Waals surface area contributed by atoms with Crippen LogP contribution in [0.1, 0.15) is 11.1 Å². The van der Waals surface area contributed by atoms with Gasteiger partial charge in [-0.25, -0.2) is 0 Å². The number of rotatable bonds is 1. The topological polar surface area (TPSA) is 20.7 Å². The molecule has 0 aliphatic rings. The number of aryl methyl sites for hydroxylation is 1.